The maximum Gasteiger partial charge on any atom is 0.0184 e. The van der Waals surface area contributed by atoms with Gasteiger partial charge in [0.15, 0.2) is 0 Å². The Bertz CT molecular complexity index is 318. The summed E-state index contributed by atoms with van der Waals surface area (Å²) in [5.41, 5.74) is 0.536. The molecule has 4 unspecified atom stereocenters. The molecule has 2 rings (SSSR count). The van der Waals surface area contributed by atoms with Gasteiger partial charge in [-0.05, 0) is 50.5 Å². The quantitative estimate of drug-likeness (QED) is 0.826. The van der Waals surface area contributed by atoms with Crippen LogP contribution in [0.1, 0.15) is 60.3 Å². The molecular formula is C18H36N2S. The molecule has 1 aliphatic heterocycles. The predicted molar refractivity (Wildman–Crippen MR) is 96.2 cm³/mol. The van der Waals surface area contributed by atoms with Gasteiger partial charge < -0.3 is 5.32 Å². The largest absolute Gasteiger partial charge is 0.314 e. The minimum Gasteiger partial charge on any atom is -0.314 e. The summed E-state index contributed by atoms with van der Waals surface area (Å²) in [5, 5.41) is 4.63. The molecule has 1 saturated heterocycles. The van der Waals surface area contributed by atoms with Crippen molar-refractivity contribution in [3.8, 4) is 0 Å². The molecule has 2 nitrogen and oxygen atoms in total. The predicted octanol–water partition coefficient (Wildman–Crippen LogP) is 4.01. The third-order valence-electron chi connectivity index (χ3n) is 5.66. The number of rotatable bonds is 5. The molecule has 1 aliphatic carbocycles. The first-order valence-corrected chi connectivity index (χ1v) is 10.1. The lowest BCUT2D eigenvalue weighted by molar-refractivity contribution is 0.0857. The summed E-state index contributed by atoms with van der Waals surface area (Å²) in [6.07, 6.45) is 5.39. The van der Waals surface area contributed by atoms with Crippen LogP contribution in [0.15, 0.2) is 0 Å². The lowest BCUT2D eigenvalue weighted by atomic mass is 9.69. The van der Waals surface area contributed by atoms with Crippen LogP contribution in [-0.2, 0) is 0 Å². The van der Waals surface area contributed by atoms with Crippen LogP contribution in [-0.4, -0.2) is 47.6 Å². The van der Waals surface area contributed by atoms with E-state index in [0.717, 1.165) is 23.3 Å². The van der Waals surface area contributed by atoms with Crippen LogP contribution in [0, 0.1) is 11.3 Å². The van der Waals surface area contributed by atoms with Crippen molar-refractivity contribution in [1.29, 1.82) is 0 Å². The number of nitrogens with one attached hydrogen (secondary N) is 1. The summed E-state index contributed by atoms with van der Waals surface area (Å²) >= 11 is 2.15. The van der Waals surface area contributed by atoms with E-state index >= 15 is 0 Å². The van der Waals surface area contributed by atoms with Gasteiger partial charge in [-0.25, -0.2) is 0 Å². The molecule has 1 N–H and O–H groups in total. The molecule has 124 valence electrons. The Morgan fingerprint density at radius 2 is 2.05 bits per heavy atom. The van der Waals surface area contributed by atoms with Crippen LogP contribution in [0.2, 0.25) is 0 Å². The SMILES string of the molecule is CCCNC1CCC(C)(C)CC1CN1CCSC(C)C1C. The molecular weight excluding hydrogens is 276 g/mol. The van der Waals surface area contributed by atoms with Crippen molar-refractivity contribution in [2.45, 2.75) is 77.6 Å². The van der Waals surface area contributed by atoms with Gasteiger partial charge in [0.2, 0.25) is 0 Å². The Morgan fingerprint density at radius 3 is 2.76 bits per heavy atom. The second-order valence-corrected chi connectivity index (χ2v) is 9.52. The standard InChI is InChI=1S/C18H36N2S/c1-6-9-19-17-7-8-18(4,5)12-16(17)13-20-10-11-21-15(3)14(20)2/h14-17,19H,6-13H2,1-5H3. The molecule has 1 heterocycles. The highest BCUT2D eigenvalue weighted by molar-refractivity contribution is 8.00. The second-order valence-electron chi connectivity index (χ2n) is 8.04. The molecule has 3 heteroatoms. The van der Waals surface area contributed by atoms with E-state index in [9.17, 15) is 0 Å². The van der Waals surface area contributed by atoms with E-state index in [4.69, 9.17) is 0 Å². The smallest absolute Gasteiger partial charge is 0.0184 e. The third-order valence-corrected chi connectivity index (χ3v) is 6.99. The van der Waals surface area contributed by atoms with Gasteiger partial charge >= 0.3 is 0 Å². The second kappa shape index (κ2) is 7.70. The van der Waals surface area contributed by atoms with Crippen molar-refractivity contribution < 1.29 is 0 Å². The maximum absolute atomic E-state index is 3.84. The Labute approximate surface area is 136 Å². The molecule has 0 spiro atoms. The fourth-order valence-electron chi connectivity index (χ4n) is 4.08. The molecule has 4 atom stereocenters. The monoisotopic (exact) mass is 312 g/mol. The molecule has 2 aliphatic rings. The minimum atomic E-state index is 0.536. The summed E-state index contributed by atoms with van der Waals surface area (Å²) in [7, 11) is 0. The molecule has 0 amide bonds. The van der Waals surface area contributed by atoms with Crippen LogP contribution in [0.5, 0.6) is 0 Å². The first-order valence-electron chi connectivity index (χ1n) is 9.02. The van der Waals surface area contributed by atoms with Crippen molar-refractivity contribution >= 4 is 11.8 Å². The third kappa shape index (κ3) is 4.87. The van der Waals surface area contributed by atoms with Gasteiger partial charge in [0, 0.05) is 36.2 Å². The van der Waals surface area contributed by atoms with E-state index < -0.39 is 0 Å². The van der Waals surface area contributed by atoms with E-state index in [-0.39, 0.29) is 0 Å². The Kier molecular flexibility index (Phi) is 6.46. The van der Waals surface area contributed by atoms with E-state index in [1.807, 2.05) is 0 Å². The fourth-order valence-corrected chi connectivity index (χ4v) is 5.24. The van der Waals surface area contributed by atoms with Crippen molar-refractivity contribution in [3.05, 3.63) is 0 Å². The molecule has 0 bridgehead atoms. The number of nitrogens with zero attached hydrogens (tertiary/aromatic N) is 1. The van der Waals surface area contributed by atoms with Crippen molar-refractivity contribution in [2.75, 3.05) is 25.4 Å². The average Bonchev–Trinajstić information content (AvgIpc) is 2.42. The van der Waals surface area contributed by atoms with E-state index in [1.165, 1.54) is 51.1 Å². The van der Waals surface area contributed by atoms with Gasteiger partial charge in [0.25, 0.3) is 0 Å². The summed E-state index contributed by atoms with van der Waals surface area (Å²) in [6, 6.07) is 1.48. The summed E-state index contributed by atoms with van der Waals surface area (Å²) in [6.45, 7) is 15.8. The lowest BCUT2D eigenvalue weighted by Gasteiger charge is -2.46. The van der Waals surface area contributed by atoms with Gasteiger partial charge in [-0.3, -0.25) is 4.90 Å². The zero-order chi connectivity index (χ0) is 15.5. The molecule has 21 heavy (non-hydrogen) atoms. The first kappa shape index (κ1) is 17.6. The van der Waals surface area contributed by atoms with E-state index in [0.29, 0.717) is 5.41 Å². The Hall–Kier alpha value is 0.270. The summed E-state index contributed by atoms with van der Waals surface area (Å²) < 4.78 is 0. The normalized spacial score (nSPS) is 37.6. The average molecular weight is 313 g/mol. The van der Waals surface area contributed by atoms with Crippen molar-refractivity contribution in [2.24, 2.45) is 11.3 Å². The van der Waals surface area contributed by atoms with Crippen LogP contribution in [0.4, 0.5) is 0 Å². The number of thioether (sulfide) groups is 1. The van der Waals surface area contributed by atoms with E-state index in [2.05, 4.69) is 56.6 Å². The van der Waals surface area contributed by atoms with E-state index in [1.54, 1.807) is 0 Å². The molecule has 0 aromatic rings. The fraction of sp³-hybridized carbons (Fsp3) is 1.00. The molecule has 1 saturated carbocycles. The highest BCUT2D eigenvalue weighted by atomic mass is 32.2. The number of hydrogen-bond donors (Lipinski definition) is 1. The van der Waals surface area contributed by atoms with Crippen LogP contribution >= 0.6 is 11.8 Å². The Morgan fingerprint density at radius 1 is 1.29 bits per heavy atom. The van der Waals surface area contributed by atoms with Crippen LogP contribution in [0.3, 0.4) is 0 Å². The van der Waals surface area contributed by atoms with Gasteiger partial charge in [0.05, 0.1) is 0 Å². The number of hydrogen-bond acceptors (Lipinski definition) is 3. The first-order chi connectivity index (χ1) is 9.93. The zero-order valence-electron chi connectivity index (χ0n) is 14.8. The van der Waals surface area contributed by atoms with Crippen LogP contribution < -0.4 is 5.32 Å². The highest BCUT2D eigenvalue weighted by Gasteiger charge is 2.37. The van der Waals surface area contributed by atoms with Crippen molar-refractivity contribution in [3.63, 3.8) is 0 Å². The molecule has 0 aromatic carbocycles. The van der Waals surface area contributed by atoms with Gasteiger partial charge in [-0.1, -0.05) is 27.7 Å². The van der Waals surface area contributed by atoms with Crippen molar-refractivity contribution in [1.82, 2.24) is 10.2 Å². The lowest BCUT2D eigenvalue weighted by Crippen LogP contribution is -2.52. The Balaban J connectivity index is 1.98. The van der Waals surface area contributed by atoms with Gasteiger partial charge in [-0.2, -0.15) is 11.8 Å². The summed E-state index contributed by atoms with van der Waals surface area (Å²) in [4.78, 5) is 2.77. The minimum absolute atomic E-state index is 0.536. The maximum atomic E-state index is 3.84. The molecule has 0 radical (unpaired) electrons. The molecule has 2 fully saturated rings. The van der Waals surface area contributed by atoms with Gasteiger partial charge in [-0.15, -0.1) is 0 Å². The zero-order valence-corrected chi connectivity index (χ0v) is 15.6. The van der Waals surface area contributed by atoms with Crippen LogP contribution in [0.25, 0.3) is 0 Å². The summed E-state index contributed by atoms with van der Waals surface area (Å²) in [5.74, 6) is 2.15. The topological polar surface area (TPSA) is 15.3 Å². The highest BCUT2D eigenvalue weighted by Crippen LogP contribution is 2.40. The van der Waals surface area contributed by atoms with Gasteiger partial charge in [0.1, 0.15) is 0 Å². The molecule has 0 aromatic heterocycles.